The average Bonchev–Trinajstić information content (AvgIpc) is 2.49. The molecule has 0 spiro atoms. The minimum Gasteiger partial charge on any atom is -0.124 e. The van der Waals surface area contributed by atoms with Gasteiger partial charge in [-0.3, -0.25) is 0 Å². The third-order valence-electron chi connectivity index (χ3n) is 3.40. The highest BCUT2D eigenvalue weighted by atomic mass is 15.3. The number of piperidine rings is 1. The Morgan fingerprint density at radius 2 is 2.08 bits per heavy atom. The maximum Gasteiger partial charge on any atom is 0.180 e. The molecule has 2 unspecified atom stereocenters. The Labute approximate surface area is 74.7 Å². The fourth-order valence-corrected chi connectivity index (χ4v) is 2.38. The second-order valence-corrected chi connectivity index (χ2v) is 4.51. The molecule has 2 heterocycles. The quantitative estimate of drug-likeness (QED) is 0.532. The molecule has 12 heavy (non-hydrogen) atoms. The number of rotatable bonds is 1. The first-order valence-corrected chi connectivity index (χ1v) is 5.21. The zero-order chi connectivity index (χ0) is 8.55. The van der Waals surface area contributed by atoms with Gasteiger partial charge in [-0.25, -0.2) is 0 Å². The van der Waals surface area contributed by atoms with Crippen LogP contribution in [0.4, 0.5) is 0 Å². The van der Waals surface area contributed by atoms with E-state index < -0.39 is 0 Å². The van der Waals surface area contributed by atoms with Crippen LogP contribution >= 0.6 is 0 Å². The van der Waals surface area contributed by atoms with Gasteiger partial charge in [-0.15, -0.1) is 4.70 Å². The molecule has 2 atom stereocenters. The number of hydrogen-bond donors (Lipinski definition) is 0. The van der Waals surface area contributed by atoms with Crippen LogP contribution in [0.2, 0.25) is 0 Å². The summed E-state index contributed by atoms with van der Waals surface area (Å²) in [5.74, 6) is 1.73. The van der Waals surface area contributed by atoms with Gasteiger partial charge in [0.25, 0.3) is 0 Å². The largest absolute Gasteiger partial charge is 0.180 e. The Kier molecular flexibility index (Phi) is 2.16. The van der Waals surface area contributed by atoms with Gasteiger partial charge in [0.1, 0.15) is 6.54 Å². The predicted octanol–water partition coefficient (Wildman–Crippen LogP) is 2.29. The lowest BCUT2D eigenvalue weighted by Gasteiger charge is -2.24. The van der Waals surface area contributed by atoms with Crippen molar-refractivity contribution < 1.29 is 4.70 Å². The Morgan fingerprint density at radius 3 is 2.83 bits per heavy atom. The minimum absolute atomic E-state index is 0.806. The van der Waals surface area contributed by atoms with Crippen molar-refractivity contribution in [1.82, 2.24) is 0 Å². The summed E-state index contributed by atoms with van der Waals surface area (Å²) in [4.78, 5) is 0. The van der Waals surface area contributed by atoms with Crippen LogP contribution in [0.15, 0.2) is 5.11 Å². The Morgan fingerprint density at radius 1 is 1.25 bits per heavy atom. The molecule has 68 valence electrons. The van der Waals surface area contributed by atoms with E-state index in [1.165, 1.54) is 25.8 Å². The van der Waals surface area contributed by atoms with Gasteiger partial charge in [-0.05, 0) is 17.5 Å². The molecule has 0 aromatic carbocycles. The molecule has 0 saturated carbocycles. The van der Waals surface area contributed by atoms with E-state index in [1.54, 1.807) is 0 Å². The van der Waals surface area contributed by atoms with Gasteiger partial charge in [0.2, 0.25) is 0 Å². The summed E-state index contributed by atoms with van der Waals surface area (Å²) >= 11 is 0. The topological polar surface area (TPSA) is 15.4 Å². The molecule has 1 saturated heterocycles. The molecule has 0 aliphatic carbocycles. The van der Waals surface area contributed by atoms with Crippen molar-refractivity contribution in [2.24, 2.45) is 17.0 Å². The second kappa shape index (κ2) is 3.15. The summed E-state index contributed by atoms with van der Waals surface area (Å²) in [6.45, 7) is 6.97. The number of hydrogen-bond acceptors (Lipinski definition) is 1. The molecule has 0 bridgehead atoms. The fourth-order valence-electron chi connectivity index (χ4n) is 2.38. The zero-order valence-corrected chi connectivity index (χ0v) is 8.16. The van der Waals surface area contributed by atoms with Crippen LogP contribution in [0.1, 0.15) is 33.1 Å². The minimum atomic E-state index is 0.806. The van der Waals surface area contributed by atoms with Crippen molar-refractivity contribution in [2.45, 2.75) is 39.2 Å². The molecule has 0 aromatic rings. The van der Waals surface area contributed by atoms with Crippen molar-refractivity contribution >= 4 is 0 Å². The SMILES string of the molecule is CC(C)C1CCC2CCN=[N+]2C1. The summed E-state index contributed by atoms with van der Waals surface area (Å²) in [6.07, 6.45) is 4.12. The fraction of sp³-hybridized carbons (Fsp3) is 1.00. The van der Waals surface area contributed by atoms with E-state index in [-0.39, 0.29) is 0 Å². The molecular formula is C10H19N2+. The summed E-state index contributed by atoms with van der Waals surface area (Å²) in [6, 6.07) is 0.806. The molecule has 0 amide bonds. The molecule has 1 fully saturated rings. The van der Waals surface area contributed by atoms with E-state index in [0.717, 1.165) is 24.4 Å². The molecule has 0 N–H and O–H groups in total. The maximum atomic E-state index is 4.52. The van der Waals surface area contributed by atoms with Gasteiger partial charge in [0.05, 0.1) is 0 Å². The van der Waals surface area contributed by atoms with Crippen molar-refractivity contribution in [2.75, 3.05) is 13.1 Å². The third-order valence-corrected chi connectivity index (χ3v) is 3.40. The normalized spacial score (nSPS) is 35.1. The third kappa shape index (κ3) is 1.39. The molecular weight excluding hydrogens is 148 g/mol. The Balaban J connectivity index is 2.00. The van der Waals surface area contributed by atoms with Gasteiger partial charge >= 0.3 is 0 Å². The van der Waals surface area contributed by atoms with Gasteiger partial charge in [-0.1, -0.05) is 13.8 Å². The first-order valence-electron chi connectivity index (χ1n) is 5.21. The highest BCUT2D eigenvalue weighted by molar-refractivity contribution is 4.72. The molecule has 2 heteroatoms. The average molecular weight is 167 g/mol. The van der Waals surface area contributed by atoms with Crippen LogP contribution < -0.4 is 0 Å². The van der Waals surface area contributed by atoms with E-state index in [9.17, 15) is 0 Å². The van der Waals surface area contributed by atoms with Crippen LogP contribution in [-0.4, -0.2) is 23.8 Å². The van der Waals surface area contributed by atoms with Crippen LogP contribution in [0.3, 0.4) is 0 Å². The predicted molar refractivity (Wildman–Crippen MR) is 48.4 cm³/mol. The summed E-state index contributed by atoms with van der Waals surface area (Å²) in [5, 5.41) is 4.52. The van der Waals surface area contributed by atoms with Crippen LogP contribution in [0, 0.1) is 11.8 Å². The highest BCUT2D eigenvalue weighted by Gasteiger charge is 2.36. The van der Waals surface area contributed by atoms with E-state index >= 15 is 0 Å². The highest BCUT2D eigenvalue weighted by Crippen LogP contribution is 2.28. The van der Waals surface area contributed by atoms with Crippen molar-refractivity contribution in [3.63, 3.8) is 0 Å². The standard InChI is InChI=1S/C10H19N2/c1-8(2)9-3-4-10-5-6-11-12(10)7-9/h8-10H,3-7H2,1-2H3/q+1. The molecule has 0 aromatic heterocycles. The second-order valence-electron chi connectivity index (χ2n) is 4.51. The van der Waals surface area contributed by atoms with Gasteiger partial charge in [-0.2, -0.15) is 0 Å². The van der Waals surface area contributed by atoms with Crippen molar-refractivity contribution in [3.05, 3.63) is 0 Å². The summed E-state index contributed by atoms with van der Waals surface area (Å²) < 4.78 is 2.36. The van der Waals surface area contributed by atoms with Gasteiger partial charge < -0.3 is 0 Å². The molecule has 2 aliphatic rings. The van der Waals surface area contributed by atoms with Crippen LogP contribution in [0.5, 0.6) is 0 Å². The number of fused-ring (bicyclic) bond motifs is 1. The Bertz CT molecular complexity index is 196. The number of nitrogens with zero attached hydrogens (tertiary/aromatic N) is 2. The number of azo groups is 2. The van der Waals surface area contributed by atoms with E-state index in [4.69, 9.17) is 0 Å². The first-order chi connectivity index (χ1) is 5.77. The Hall–Kier alpha value is -0.400. The zero-order valence-electron chi connectivity index (χ0n) is 8.16. The molecule has 2 rings (SSSR count). The summed E-state index contributed by atoms with van der Waals surface area (Å²) in [5.41, 5.74) is 0. The van der Waals surface area contributed by atoms with E-state index in [0.29, 0.717) is 0 Å². The van der Waals surface area contributed by atoms with Crippen LogP contribution in [-0.2, 0) is 0 Å². The molecule has 2 aliphatic heterocycles. The van der Waals surface area contributed by atoms with Gasteiger partial charge in [0, 0.05) is 18.8 Å². The lowest BCUT2D eigenvalue weighted by atomic mass is 9.86. The lowest BCUT2D eigenvalue weighted by Crippen LogP contribution is -2.34. The monoisotopic (exact) mass is 167 g/mol. The lowest BCUT2D eigenvalue weighted by molar-refractivity contribution is -0.631. The van der Waals surface area contributed by atoms with Crippen molar-refractivity contribution in [1.29, 1.82) is 0 Å². The van der Waals surface area contributed by atoms with E-state index in [2.05, 4.69) is 23.7 Å². The van der Waals surface area contributed by atoms with Crippen molar-refractivity contribution in [3.8, 4) is 0 Å². The summed E-state index contributed by atoms with van der Waals surface area (Å²) in [7, 11) is 0. The molecule has 2 nitrogen and oxygen atoms in total. The van der Waals surface area contributed by atoms with Crippen LogP contribution in [0.25, 0.3) is 0 Å². The smallest absolute Gasteiger partial charge is 0.124 e. The molecule has 0 radical (unpaired) electrons. The van der Waals surface area contributed by atoms with Gasteiger partial charge in [0.15, 0.2) is 12.6 Å². The first kappa shape index (κ1) is 8.21. The maximum absolute atomic E-state index is 4.52. The van der Waals surface area contributed by atoms with E-state index in [1.807, 2.05) is 0 Å².